The molecular weight excluding hydrogens is 400 g/mol. The average molecular weight is 417 g/mol. The standard InChI is InChI=1S/C19H17Cl2F3N2O/c20-14-4-1-12(2-5-14)11-25-17-15-8-10-26(18(27)19(22,23)24)9-7-13(15)3-6-16(17)21/h1-6,25H,7-11H2. The van der Waals surface area contributed by atoms with Crippen molar-refractivity contribution in [2.75, 3.05) is 18.4 Å². The van der Waals surface area contributed by atoms with Gasteiger partial charge in [0, 0.05) is 24.7 Å². The van der Waals surface area contributed by atoms with Crippen molar-refractivity contribution in [2.45, 2.75) is 25.6 Å². The lowest BCUT2D eigenvalue weighted by atomic mass is 10.0. The molecule has 0 aliphatic carbocycles. The number of carbonyl (C=O) groups excluding carboxylic acids is 1. The Labute approximate surface area is 165 Å². The maximum atomic E-state index is 12.7. The molecule has 1 N–H and O–H groups in total. The summed E-state index contributed by atoms with van der Waals surface area (Å²) in [6.07, 6.45) is -4.20. The lowest BCUT2D eigenvalue weighted by Gasteiger charge is -2.21. The van der Waals surface area contributed by atoms with E-state index in [-0.39, 0.29) is 13.1 Å². The van der Waals surface area contributed by atoms with E-state index in [4.69, 9.17) is 23.2 Å². The summed E-state index contributed by atoms with van der Waals surface area (Å²) in [6, 6.07) is 10.9. The zero-order valence-electron chi connectivity index (χ0n) is 14.2. The van der Waals surface area contributed by atoms with Crippen LogP contribution < -0.4 is 5.32 Å². The molecule has 3 nitrogen and oxygen atoms in total. The zero-order valence-corrected chi connectivity index (χ0v) is 15.8. The van der Waals surface area contributed by atoms with E-state index in [9.17, 15) is 18.0 Å². The molecule has 1 aliphatic heterocycles. The fraction of sp³-hybridized carbons (Fsp3) is 0.316. The van der Waals surface area contributed by atoms with Crippen molar-refractivity contribution < 1.29 is 18.0 Å². The summed E-state index contributed by atoms with van der Waals surface area (Å²) < 4.78 is 38.2. The first-order valence-electron chi connectivity index (χ1n) is 8.40. The molecular formula is C19H17Cl2F3N2O. The Morgan fingerprint density at radius 2 is 1.70 bits per heavy atom. The third kappa shape index (κ3) is 4.68. The van der Waals surface area contributed by atoms with Crippen LogP contribution in [0.5, 0.6) is 0 Å². The van der Waals surface area contributed by atoms with Crippen molar-refractivity contribution in [3.63, 3.8) is 0 Å². The molecule has 0 fully saturated rings. The number of alkyl halides is 3. The van der Waals surface area contributed by atoms with E-state index in [0.717, 1.165) is 21.6 Å². The zero-order chi connectivity index (χ0) is 19.6. The minimum atomic E-state index is -4.86. The molecule has 2 aromatic rings. The van der Waals surface area contributed by atoms with Crippen molar-refractivity contribution in [1.29, 1.82) is 0 Å². The summed E-state index contributed by atoms with van der Waals surface area (Å²) in [6.45, 7) is 0.531. The molecule has 0 spiro atoms. The summed E-state index contributed by atoms with van der Waals surface area (Å²) in [5.41, 5.74) is 3.45. The SMILES string of the molecule is O=C(N1CCc2ccc(Cl)c(NCc3ccc(Cl)cc3)c2CC1)C(F)(F)F. The van der Waals surface area contributed by atoms with Gasteiger partial charge < -0.3 is 10.2 Å². The number of amides is 1. The number of hydrogen-bond acceptors (Lipinski definition) is 2. The lowest BCUT2D eigenvalue weighted by molar-refractivity contribution is -0.185. The molecule has 0 radical (unpaired) electrons. The summed E-state index contributed by atoms with van der Waals surface area (Å²) in [5.74, 6) is -1.79. The van der Waals surface area contributed by atoms with E-state index < -0.39 is 12.1 Å². The third-order valence-corrected chi connectivity index (χ3v) is 5.12. The highest BCUT2D eigenvalue weighted by molar-refractivity contribution is 6.33. The molecule has 8 heteroatoms. The van der Waals surface area contributed by atoms with E-state index in [2.05, 4.69) is 5.32 Å². The Morgan fingerprint density at radius 1 is 1.04 bits per heavy atom. The molecule has 1 heterocycles. The fourth-order valence-corrected chi connectivity index (χ4v) is 3.53. The van der Waals surface area contributed by atoms with Crippen LogP contribution in [0.4, 0.5) is 18.9 Å². The Balaban J connectivity index is 1.79. The van der Waals surface area contributed by atoms with Crippen molar-refractivity contribution in [3.05, 3.63) is 63.1 Å². The normalized spacial score (nSPS) is 14.5. The molecule has 3 rings (SSSR count). The van der Waals surface area contributed by atoms with Crippen LogP contribution in [0.15, 0.2) is 36.4 Å². The van der Waals surface area contributed by atoms with E-state index >= 15 is 0 Å². The quantitative estimate of drug-likeness (QED) is 0.754. The number of rotatable bonds is 3. The van der Waals surface area contributed by atoms with Crippen molar-refractivity contribution in [3.8, 4) is 0 Å². The van der Waals surface area contributed by atoms with Crippen LogP contribution in [0.3, 0.4) is 0 Å². The molecule has 0 saturated heterocycles. The van der Waals surface area contributed by atoms with Crippen LogP contribution in [-0.4, -0.2) is 30.1 Å². The summed E-state index contributed by atoms with van der Waals surface area (Å²) in [5, 5.41) is 4.42. The smallest absolute Gasteiger partial charge is 0.380 e. The van der Waals surface area contributed by atoms with E-state index in [0.29, 0.717) is 35.1 Å². The van der Waals surface area contributed by atoms with Crippen LogP contribution in [-0.2, 0) is 24.2 Å². The van der Waals surface area contributed by atoms with Gasteiger partial charge in [-0.15, -0.1) is 0 Å². The number of fused-ring (bicyclic) bond motifs is 1. The van der Waals surface area contributed by atoms with Gasteiger partial charge in [-0.25, -0.2) is 0 Å². The highest BCUT2D eigenvalue weighted by Crippen LogP contribution is 2.32. The third-order valence-electron chi connectivity index (χ3n) is 4.55. The fourth-order valence-electron chi connectivity index (χ4n) is 3.16. The van der Waals surface area contributed by atoms with Gasteiger partial charge in [-0.1, -0.05) is 41.4 Å². The van der Waals surface area contributed by atoms with Crippen molar-refractivity contribution in [2.24, 2.45) is 0 Å². The van der Waals surface area contributed by atoms with Gasteiger partial charge in [0.25, 0.3) is 0 Å². The van der Waals surface area contributed by atoms with Gasteiger partial charge in [0.15, 0.2) is 0 Å². The van der Waals surface area contributed by atoms with Gasteiger partial charge in [0.05, 0.1) is 10.7 Å². The van der Waals surface area contributed by atoms with Crippen LogP contribution in [0, 0.1) is 0 Å². The van der Waals surface area contributed by atoms with E-state index in [1.165, 1.54) is 0 Å². The van der Waals surface area contributed by atoms with Gasteiger partial charge in [-0.3, -0.25) is 4.79 Å². The van der Waals surface area contributed by atoms with Crippen LogP contribution in [0.25, 0.3) is 0 Å². The summed E-state index contributed by atoms with van der Waals surface area (Å²) in [7, 11) is 0. The number of nitrogens with one attached hydrogen (secondary N) is 1. The number of hydrogen-bond donors (Lipinski definition) is 1. The number of nitrogens with zero attached hydrogens (tertiary/aromatic N) is 1. The number of halogens is 5. The molecule has 0 aromatic heterocycles. The van der Waals surface area contributed by atoms with E-state index in [1.54, 1.807) is 18.2 Å². The van der Waals surface area contributed by atoms with Gasteiger partial charge in [-0.2, -0.15) is 13.2 Å². The second-order valence-electron chi connectivity index (χ2n) is 6.33. The maximum absolute atomic E-state index is 12.7. The largest absolute Gasteiger partial charge is 0.471 e. The van der Waals surface area contributed by atoms with E-state index in [1.807, 2.05) is 18.2 Å². The summed E-state index contributed by atoms with van der Waals surface area (Å²) >= 11 is 12.2. The lowest BCUT2D eigenvalue weighted by Crippen LogP contribution is -2.42. The minimum Gasteiger partial charge on any atom is -0.380 e. The monoisotopic (exact) mass is 416 g/mol. The average Bonchev–Trinajstić information content (AvgIpc) is 2.83. The topological polar surface area (TPSA) is 32.3 Å². The van der Waals surface area contributed by atoms with Crippen LogP contribution >= 0.6 is 23.2 Å². The van der Waals surface area contributed by atoms with Gasteiger partial charge in [0.1, 0.15) is 0 Å². The predicted octanol–water partition coefficient (Wildman–Crippen LogP) is 5.10. The Hall–Kier alpha value is -1.92. The molecule has 0 unspecified atom stereocenters. The first-order valence-corrected chi connectivity index (χ1v) is 9.16. The number of anilines is 1. The highest BCUT2D eigenvalue weighted by atomic mass is 35.5. The first-order chi connectivity index (χ1) is 12.8. The molecule has 27 heavy (non-hydrogen) atoms. The Morgan fingerprint density at radius 3 is 2.37 bits per heavy atom. The molecule has 0 atom stereocenters. The second-order valence-corrected chi connectivity index (χ2v) is 7.17. The first kappa shape index (κ1) is 19.8. The van der Waals surface area contributed by atoms with Gasteiger partial charge in [0.2, 0.25) is 0 Å². The Bertz CT molecular complexity index is 838. The van der Waals surface area contributed by atoms with Crippen LogP contribution in [0.1, 0.15) is 16.7 Å². The minimum absolute atomic E-state index is 0.00130. The summed E-state index contributed by atoms with van der Waals surface area (Å²) in [4.78, 5) is 12.4. The molecule has 0 saturated carbocycles. The van der Waals surface area contributed by atoms with Crippen molar-refractivity contribution >= 4 is 34.8 Å². The molecule has 0 bridgehead atoms. The van der Waals surface area contributed by atoms with Crippen molar-refractivity contribution in [1.82, 2.24) is 4.90 Å². The Kier molecular flexibility index (Phi) is 5.86. The van der Waals surface area contributed by atoms with Gasteiger partial charge in [-0.05, 0) is 47.7 Å². The van der Waals surface area contributed by atoms with Gasteiger partial charge >= 0.3 is 12.1 Å². The molecule has 1 aliphatic rings. The number of benzene rings is 2. The number of carbonyl (C=O) groups is 1. The molecule has 2 aromatic carbocycles. The van der Waals surface area contributed by atoms with Crippen LogP contribution in [0.2, 0.25) is 10.0 Å². The maximum Gasteiger partial charge on any atom is 0.471 e. The predicted molar refractivity (Wildman–Crippen MR) is 100 cm³/mol. The highest BCUT2D eigenvalue weighted by Gasteiger charge is 2.42. The second kappa shape index (κ2) is 7.98. The molecule has 144 valence electrons. The molecule has 1 amide bonds.